The van der Waals surface area contributed by atoms with Crippen LogP contribution in [-0.4, -0.2) is 82.9 Å². The number of nitrogens with one attached hydrogen (secondary N) is 1. The second-order valence-electron chi connectivity index (χ2n) is 9.20. The molecule has 1 aromatic rings. The summed E-state index contributed by atoms with van der Waals surface area (Å²) in [6.45, 7) is 6.51. The average molecular weight is 519 g/mol. The highest BCUT2D eigenvalue weighted by Gasteiger charge is 2.32. The summed E-state index contributed by atoms with van der Waals surface area (Å²) < 4.78 is 11.3. The minimum atomic E-state index is -0.588. The molecule has 3 aliphatic rings. The number of hydrogen-bond acceptors (Lipinski definition) is 8. The van der Waals surface area contributed by atoms with Crippen LogP contribution in [0.1, 0.15) is 26.3 Å². The highest BCUT2D eigenvalue weighted by atomic mass is 32.2. The molecule has 0 aliphatic carbocycles. The molecule has 1 N–H and O–H groups in total. The van der Waals surface area contributed by atoms with Crippen LogP contribution in [0.25, 0.3) is 6.08 Å². The zero-order valence-corrected chi connectivity index (χ0v) is 21.3. The largest absolute Gasteiger partial charge is 0.482 e. The van der Waals surface area contributed by atoms with E-state index in [1.165, 1.54) is 4.90 Å². The number of rotatable bonds is 3. The van der Waals surface area contributed by atoms with Crippen molar-refractivity contribution in [3.05, 3.63) is 28.7 Å². The lowest BCUT2D eigenvalue weighted by molar-refractivity contribution is -0.133. The van der Waals surface area contributed by atoms with Gasteiger partial charge in [-0.25, -0.2) is 4.79 Å². The summed E-state index contributed by atoms with van der Waals surface area (Å²) in [4.78, 5) is 55.0. The van der Waals surface area contributed by atoms with Crippen molar-refractivity contribution < 1.29 is 28.7 Å². The van der Waals surface area contributed by atoms with E-state index in [9.17, 15) is 19.2 Å². The first-order chi connectivity index (χ1) is 16.5. The number of nitrogens with zero attached hydrogens (tertiary/aromatic N) is 3. The molecule has 12 heteroatoms. The SMILES string of the molecule is CC(C)(C)OC(=O)N1CCN(C(=O)CN2C(=O)COc3ccc(C=C4SC(=S)NC4=O)cc32)CC1. The molecule has 10 nitrogen and oxygen atoms in total. The van der Waals surface area contributed by atoms with Gasteiger partial charge in [-0.05, 0) is 44.5 Å². The monoisotopic (exact) mass is 518 g/mol. The first kappa shape index (κ1) is 25.0. The Kier molecular flexibility index (Phi) is 7.04. The highest BCUT2D eigenvalue weighted by Crippen LogP contribution is 2.35. The number of carbonyl (C=O) groups is 4. The maximum absolute atomic E-state index is 13.0. The first-order valence-corrected chi connectivity index (χ1v) is 12.3. The second kappa shape index (κ2) is 9.86. The van der Waals surface area contributed by atoms with Crippen LogP contribution in [0, 0.1) is 0 Å². The molecule has 2 saturated heterocycles. The molecule has 186 valence electrons. The molecular formula is C23H26N4O6S2. The van der Waals surface area contributed by atoms with Gasteiger partial charge in [-0.15, -0.1) is 0 Å². The maximum Gasteiger partial charge on any atom is 0.410 e. The minimum Gasteiger partial charge on any atom is -0.482 e. The fourth-order valence-corrected chi connectivity index (χ4v) is 4.80. The van der Waals surface area contributed by atoms with Crippen molar-refractivity contribution in [3.8, 4) is 5.75 Å². The lowest BCUT2D eigenvalue weighted by atomic mass is 10.1. The van der Waals surface area contributed by atoms with Gasteiger partial charge < -0.3 is 24.6 Å². The fraction of sp³-hybridized carbons (Fsp3) is 0.435. The third-order valence-corrected chi connectivity index (χ3v) is 6.61. The zero-order chi connectivity index (χ0) is 25.3. The number of carbonyl (C=O) groups excluding carboxylic acids is 4. The summed E-state index contributed by atoms with van der Waals surface area (Å²) in [6.07, 6.45) is 1.27. The van der Waals surface area contributed by atoms with Gasteiger partial charge in [0.25, 0.3) is 11.8 Å². The Hall–Kier alpha value is -3.12. The molecule has 0 bridgehead atoms. The Bertz CT molecular complexity index is 1120. The molecule has 0 atom stereocenters. The number of anilines is 1. The van der Waals surface area contributed by atoms with Crippen molar-refractivity contribution in [2.45, 2.75) is 26.4 Å². The van der Waals surface area contributed by atoms with Gasteiger partial charge in [0.1, 0.15) is 22.2 Å². The Morgan fingerprint density at radius 2 is 1.86 bits per heavy atom. The summed E-state index contributed by atoms with van der Waals surface area (Å²) in [5, 5.41) is 2.56. The zero-order valence-electron chi connectivity index (χ0n) is 19.7. The summed E-state index contributed by atoms with van der Waals surface area (Å²) >= 11 is 6.19. The van der Waals surface area contributed by atoms with Crippen LogP contribution < -0.4 is 15.0 Å². The number of piperazine rings is 1. The minimum absolute atomic E-state index is 0.152. The van der Waals surface area contributed by atoms with E-state index >= 15 is 0 Å². The Morgan fingerprint density at radius 1 is 1.17 bits per heavy atom. The molecule has 4 amide bonds. The van der Waals surface area contributed by atoms with Gasteiger partial charge in [0, 0.05) is 26.2 Å². The van der Waals surface area contributed by atoms with E-state index in [0.29, 0.717) is 52.4 Å². The molecule has 35 heavy (non-hydrogen) atoms. The van der Waals surface area contributed by atoms with E-state index in [-0.39, 0.29) is 30.9 Å². The van der Waals surface area contributed by atoms with Crippen LogP contribution in [-0.2, 0) is 19.1 Å². The third-order valence-electron chi connectivity index (χ3n) is 5.44. The van der Waals surface area contributed by atoms with Crippen LogP contribution in [0.5, 0.6) is 5.75 Å². The Morgan fingerprint density at radius 3 is 2.49 bits per heavy atom. The molecule has 0 saturated carbocycles. The predicted molar refractivity (Wildman–Crippen MR) is 135 cm³/mol. The molecule has 0 radical (unpaired) electrons. The lowest BCUT2D eigenvalue weighted by Crippen LogP contribution is -2.54. The average Bonchev–Trinajstić information content (AvgIpc) is 3.11. The van der Waals surface area contributed by atoms with Crippen molar-refractivity contribution in [1.82, 2.24) is 15.1 Å². The molecule has 4 rings (SSSR count). The molecule has 0 spiro atoms. The van der Waals surface area contributed by atoms with Gasteiger partial charge in [-0.1, -0.05) is 30.0 Å². The summed E-state index contributed by atoms with van der Waals surface area (Å²) in [5.74, 6) is -0.358. The maximum atomic E-state index is 13.0. The normalized spacial score (nSPS) is 19.5. The molecule has 0 unspecified atom stereocenters. The topological polar surface area (TPSA) is 108 Å². The quantitative estimate of drug-likeness (QED) is 0.478. The number of thioether (sulfide) groups is 1. The van der Waals surface area contributed by atoms with E-state index in [4.69, 9.17) is 21.7 Å². The van der Waals surface area contributed by atoms with Gasteiger partial charge >= 0.3 is 6.09 Å². The summed E-state index contributed by atoms with van der Waals surface area (Å²) in [5.41, 5.74) is 0.546. The van der Waals surface area contributed by atoms with E-state index in [2.05, 4.69) is 5.32 Å². The van der Waals surface area contributed by atoms with E-state index in [1.54, 1.807) is 54.8 Å². The van der Waals surface area contributed by atoms with Crippen LogP contribution in [0.15, 0.2) is 23.1 Å². The van der Waals surface area contributed by atoms with Crippen molar-refractivity contribution >= 4 is 63.9 Å². The van der Waals surface area contributed by atoms with Crippen molar-refractivity contribution in [1.29, 1.82) is 0 Å². The number of ether oxygens (including phenoxy) is 2. The van der Waals surface area contributed by atoms with Crippen LogP contribution in [0.2, 0.25) is 0 Å². The van der Waals surface area contributed by atoms with Crippen molar-refractivity contribution in [3.63, 3.8) is 0 Å². The van der Waals surface area contributed by atoms with E-state index in [0.717, 1.165) is 11.8 Å². The number of benzene rings is 1. The molecule has 3 aliphatic heterocycles. The first-order valence-electron chi connectivity index (χ1n) is 11.1. The number of fused-ring (bicyclic) bond motifs is 1. The molecule has 3 heterocycles. The number of hydrogen-bond donors (Lipinski definition) is 1. The highest BCUT2D eigenvalue weighted by molar-refractivity contribution is 8.26. The van der Waals surface area contributed by atoms with Crippen molar-refractivity contribution in [2.24, 2.45) is 0 Å². The van der Waals surface area contributed by atoms with Gasteiger partial charge in [0.05, 0.1) is 10.6 Å². The lowest BCUT2D eigenvalue weighted by Gasteiger charge is -2.37. The van der Waals surface area contributed by atoms with Gasteiger partial charge in [0.2, 0.25) is 5.91 Å². The molecular weight excluding hydrogens is 492 g/mol. The Labute approximate surface area is 212 Å². The molecule has 0 aromatic heterocycles. The van der Waals surface area contributed by atoms with E-state index in [1.807, 2.05) is 0 Å². The molecule has 2 fully saturated rings. The fourth-order valence-electron chi connectivity index (χ4n) is 3.75. The van der Waals surface area contributed by atoms with Crippen LogP contribution >= 0.6 is 24.0 Å². The van der Waals surface area contributed by atoms with E-state index < -0.39 is 11.7 Å². The smallest absolute Gasteiger partial charge is 0.410 e. The van der Waals surface area contributed by atoms with Crippen LogP contribution in [0.3, 0.4) is 0 Å². The van der Waals surface area contributed by atoms with Crippen LogP contribution in [0.4, 0.5) is 10.5 Å². The van der Waals surface area contributed by atoms with Crippen molar-refractivity contribution in [2.75, 3.05) is 44.2 Å². The summed E-state index contributed by atoms with van der Waals surface area (Å²) in [6, 6.07) is 5.19. The third kappa shape index (κ3) is 5.93. The predicted octanol–water partition coefficient (Wildman–Crippen LogP) is 1.98. The van der Waals surface area contributed by atoms with Gasteiger partial charge in [0.15, 0.2) is 6.61 Å². The number of thiocarbonyl (C=S) groups is 1. The second-order valence-corrected chi connectivity index (χ2v) is 10.9. The standard InChI is InChI=1S/C23H26N4O6S2/c1-23(2,3)33-22(31)26-8-6-25(7-9-26)18(28)12-27-15-10-14(4-5-16(15)32-13-19(27)29)11-17-20(30)24-21(34)35-17/h4-5,10-11H,6-9,12-13H2,1-3H3,(H,24,30,34). The van der Waals surface area contributed by atoms with Gasteiger partial charge in [-0.2, -0.15) is 0 Å². The number of amides is 4. The van der Waals surface area contributed by atoms with Gasteiger partial charge in [-0.3, -0.25) is 19.3 Å². The Balaban J connectivity index is 1.44. The molecule has 1 aromatic carbocycles. The summed E-state index contributed by atoms with van der Waals surface area (Å²) in [7, 11) is 0.